The Morgan fingerprint density at radius 2 is 1.84 bits per heavy atom. The number of nitrogens with one attached hydrogen (secondary N) is 1. The molecule has 1 aliphatic carbocycles. The third-order valence-corrected chi connectivity index (χ3v) is 6.14. The summed E-state index contributed by atoms with van der Waals surface area (Å²) in [6, 6.07) is 0. The predicted molar refractivity (Wildman–Crippen MR) is 157 cm³/mol. The Kier molecular flexibility index (Phi) is 20.1. The first-order chi connectivity index (χ1) is 17.7. The Balaban J connectivity index is 0.000000699. The predicted octanol–water partition coefficient (Wildman–Crippen LogP) is 7.81. The molecule has 2 aliphatic rings. The quantitative estimate of drug-likeness (QED) is 0.174. The van der Waals surface area contributed by atoms with Gasteiger partial charge in [-0.05, 0) is 71.2 Å². The van der Waals surface area contributed by atoms with E-state index in [0.29, 0.717) is 12.3 Å². The lowest BCUT2D eigenvalue weighted by Gasteiger charge is -2.08. The van der Waals surface area contributed by atoms with Gasteiger partial charge in [0.25, 0.3) is 5.91 Å². The molecule has 1 N–H and O–H groups in total. The number of rotatable bonds is 11. The van der Waals surface area contributed by atoms with Gasteiger partial charge in [0.05, 0.1) is 5.57 Å². The molecule has 1 saturated heterocycles. The SMILES string of the molecule is C=C/C(C(=O)NCCC1=CCC=C(C)C=C1)=C(/F)C/C=C\C.CCCC(=O)C(C)C.CCN1CCCC1. The van der Waals surface area contributed by atoms with E-state index < -0.39 is 11.7 Å². The normalized spacial score (nSPS) is 16.0. The highest BCUT2D eigenvalue weighted by atomic mass is 19.1. The Morgan fingerprint density at radius 3 is 2.32 bits per heavy atom. The fraction of sp³-hybridized carbons (Fsp3) is 0.562. The molecule has 1 fully saturated rings. The molecule has 0 unspecified atom stereocenters. The van der Waals surface area contributed by atoms with E-state index in [2.05, 4.69) is 54.9 Å². The number of hydrogen-bond donors (Lipinski definition) is 1. The van der Waals surface area contributed by atoms with Crippen LogP contribution in [-0.2, 0) is 9.59 Å². The van der Waals surface area contributed by atoms with E-state index in [1.807, 2.05) is 27.7 Å². The van der Waals surface area contributed by atoms with Gasteiger partial charge in [-0.2, -0.15) is 0 Å². The molecule has 0 radical (unpaired) electrons. The van der Waals surface area contributed by atoms with E-state index in [-0.39, 0.29) is 17.9 Å². The number of amides is 1. The molecule has 2 rings (SSSR count). The first-order valence-corrected chi connectivity index (χ1v) is 13.9. The van der Waals surface area contributed by atoms with Crippen LogP contribution in [0.5, 0.6) is 0 Å². The van der Waals surface area contributed by atoms with Crippen molar-refractivity contribution in [2.45, 2.75) is 86.5 Å². The molecule has 0 spiro atoms. The maximum Gasteiger partial charge on any atom is 0.253 e. The third kappa shape index (κ3) is 16.8. The smallest absolute Gasteiger partial charge is 0.253 e. The van der Waals surface area contributed by atoms with Crippen LogP contribution in [0.1, 0.15) is 86.5 Å². The molecule has 0 aromatic heterocycles. The van der Waals surface area contributed by atoms with E-state index in [0.717, 1.165) is 25.7 Å². The minimum absolute atomic E-state index is 0.0148. The molecule has 0 bridgehead atoms. The van der Waals surface area contributed by atoms with Gasteiger partial charge in [-0.3, -0.25) is 9.59 Å². The van der Waals surface area contributed by atoms with Crippen molar-refractivity contribution in [1.82, 2.24) is 10.2 Å². The lowest BCUT2D eigenvalue weighted by atomic mass is 10.1. The summed E-state index contributed by atoms with van der Waals surface area (Å²) in [5.41, 5.74) is 2.42. The minimum atomic E-state index is -0.459. The number of carbonyl (C=O) groups is 2. The van der Waals surface area contributed by atoms with Crippen LogP contribution in [0.25, 0.3) is 0 Å². The maximum absolute atomic E-state index is 13.9. The minimum Gasteiger partial charge on any atom is -0.352 e. The standard InChI is InChI=1S/C19H24FNO.C7H14O.C6H13N/c1-4-6-10-18(20)17(5-2)19(22)21-14-13-16-9-7-8-15(3)11-12-16;1-4-5-7(8)6(2)3;1-2-7-5-3-4-6-7/h4-6,8-9,11-12H,2,7,10,13-14H2,1,3H3,(H,21,22);6H,4-5H2,1-3H3;2-6H2,1H3/b6-4-,18-17-;;. The van der Waals surface area contributed by atoms with E-state index >= 15 is 0 Å². The van der Waals surface area contributed by atoms with Crippen LogP contribution < -0.4 is 5.32 Å². The number of allylic oxidation sites excluding steroid dienone is 8. The van der Waals surface area contributed by atoms with Crippen molar-refractivity contribution in [2.24, 2.45) is 5.92 Å². The topological polar surface area (TPSA) is 49.4 Å². The van der Waals surface area contributed by atoms with Gasteiger partial charge in [-0.25, -0.2) is 4.39 Å². The molecule has 1 heterocycles. The average Bonchev–Trinajstić information content (AvgIpc) is 3.33. The highest BCUT2D eigenvalue weighted by molar-refractivity contribution is 5.96. The molecular weight excluding hydrogens is 463 g/mol. The van der Waals surface area contributed by atoms with Gasteiger partial charge in [0.15, 0.2) is 0 Å². The summed E-state index contributed by atoms with van der Waals surface area (Å²) in [7, 11) is 0. The molecule has 0 aromatic carbocycles. The van der Waals surface area contributed by atoms with Crippen LogP contribution in [0.3, 0.4) is 0 Å². The molecule has 1 amide bonds. The van der Waals surface area contributed by atoms with Crippen molar-refractivity contribution < 1.29 is 14.0 Å². The second-order valence-electron chi connectivity index (χ2n) is 9.61. The Hall–Kier alpha value is -2.53. The number of likely N-dealkylation sites (tertiary alicyclic amines) is 1. The molecule has 37 heavy (non-hydrogen) atoms. The zero-order chi connectivity index (χ0) is 28.1. The lowest BCUT2D eigenvalue weighted by Crippen LogP contribution is -2.26. The van der Waals surface area contributed by atoms with E-state index in [4.69, 9.17) is 0 Å². The van der Waals surface area contributed by atoms with Gasteiger partial charge in [0.1, 0.15) is 11.6 Å². The Morgan fingerprint density at radius 1 is 1.16 bits per heavy atom. The number of hydrogen-bond acceptors (Lipinski definition) is 3. The molecule has 0 aromatic rings. The number of nitrogens with zero attached hydrogens (tertiary/aromatic N) is 1. The molecule has 0 atom stereocenters. The van der Waals surface area contributed by atoms with Crippen molar-refractivity contribution in [1.29, 1.82) is 0 Å². The zero-order valence-corrected chi connectivity index (χ0v) is 24.2. The molecule has 5 heteroatoms. The third-order valence-electron chi connectivity index (χ3n) is 6.14. The van der Waals surface area contributed by atoms with Gasteiger partial charge >= 0.3 is 0 Å². The van der Waals surface area contributed by atoms with Crippen molar-refractivity contribution >= 4 is 11.7 Å². The lowest BCUT2D eigenvalue weighted by molar-refractivity contribution is -0.122. The second-order valence-corrected chi connectivity index (χ2v) is 9.61. The summed E-state index contributed by atoms with van der Waals surface area (Å²) < 4.78 is 13.9. The summed E-state index contributed by atoms with van der Waals surface area (Å²) in [6.45, 7) is 19.9. The van der Waals surface area contributed by atoms with E-state index in [1.165, 1.54) is 49.7 Å². The van der Waals surface area contributed by atoms with Crippen molar-refractivity contribution in [3.05, 3.63) is 71.7 Å². The van der Waals surface area contributed by atoms with E-state index in [9.17, 15) is 14.0 Å². The molecular formula is C32H51FN2O2. The zero-order valence-electron chi connectivity index (χ0n) is 24.2. The molecule has 0 saturated carbocycles. The number of halogens is 1. The monoisotopic (exact) mass is 514 g/mol. The first kappa shape index (κ1) is 34.5. The van der Waals surface area contributed by atoms with E-state index in [1.54, 1.807) is 12.2 Å². The number of carbonyl (C=O) groups excluding carboxylic acids is 2. The second kappa shape index (κ2) is 21.5. The fourth-order valence-corrected chi connectivity index (χ4v) is 3.66. The van der Waals surface area contributed by atoms with Crippen LogP contribution >= 0.6 is 0 Å². The summed E-state index contributed by atoms with van der Waals surface area (Å²) in [6.07, 6.45) is 19.4. The van der Waals surface area contributed by atoms with Gasteiger partial charge in [-0.15, -0.1) is 0 Å². The van der Waals surface area contributed by atoms with Crippen molar-refractivity contribution in [3.8, 4) is 0 Å². The highest BCUT2D eigenvalue weighted by Crippen LogP contribution is 2.14. The van der Waals surface area contributed by atoms with Crippen LogP contribution in [0.15, 0.2) is 71.7 Å². The molecule has 4 nitrogen and oxygen atoms in total. The maximum atomic E-state index is 13.9. The largest absolute Gasteiger partial charge is 0.352 e. The fourth-order valence-electron chi connectivity index (χ4n) is 3.66. The van der Waals surface area contributed by atoms with Crippen LogP contribution in [0.2, 0.25) is 0 Å². The average molecular weight is 515 g/mol. The van der Waals surface area contributed by atoms with Crippen LogP contribution in [-0.4, -0.2) is 42.8 Å². The van der Waals surface area contributed by atoms with Gasteiger partial charge in [0.2, 0.25) is 0 Å². The Bertz CT molecular complexity index is 841. The summed E-state index contributed by atoms with van der Waals surface area (Å²) in [5.74, 6) is -0.258. The van der Waals surface area contributed by atoms with Crippen LogP contribution in [0.4, 0.5) is 4.39 Å². The van der Waals surface area contributed by atoms with Crippen molar-refractivity contribution in [2.75, 3.05) is 26.2 Å². The van der Waals surface area contributed by atoms with Crippen LogP contribution in [0, 0.1) is 5.92 Å². The molecule has 1 aliphatic heterocycles. The summed E-state index contributed by atoms with van der Waals surface area (Å²) >= 11 is 0. The summed E-state index contributed by atoms with van der Waals surface area (Å²) in [4.78, 5) is 25.2. The molecule has 208 valence electrons. The Labute approximate surface area is 226 Å². The number of Topliss-reactive ketones (excluding diaryl/α,β-unsaturated/α-hetero) is 1. The van der Waals surface area contributed by atoms with Gasteiger partial charge in [-0.1, -0.05) is 82.4 Å². The van der Waals surface area contributed by atoms with Gasteiger partial charge < -0.3 is 10.2 Å². The first-order valence-electron chi connectivity index (χ1n) is 13.9. The van der Waals surface area contributed by atoms with Gasteiger partial charge in [0, 0.05) is 25.3 Å². The highest BCUT2D eigenvalue weighted by Gasteiger charge is 2.11. The van der Waals surface area contributed by atoms with Crippen molar-refractivity contribution in [3.63, 3.8) is 0 Å². The number of ketones is 1. The summed E-state index contributed by atoms with van der Waals surface area (Å²) in [5, 5.41) is 2.75.